The van der Waals surface area contributed by atoms with Crippen LogP contribution in [0, 0.1) is 0 Å². The molecule has 0 atom stereocenters. The molecule has 0 saturated carbocycles. The molecule has 0 aliphatic carbocycles. The number of hydrogen-bond donors (Lipinski definition) is 2. The summed E-state index contributed by atoms with van der Waals surface area (Å²) < 4.78 is 29.5. The monoisotopic (exact) mass is 188 g/mol. The van der Waals surface area contributed by atoms with Crippen LogP contribution in [-0.4, -0.2) is 7.11 Å². The third-order valence-electron chi connectivity index (χ3n) is 1.65. The molecule has 3 N–H and O–H groups in total. The Hall–Kier alpha value is -1.36. The fraction of sp³-hybridized carbons (Fsp3) is 0.250. The molecule has 0 aromatic heterocycles. The molecule has 0 bridgehead atoms. The summed E-state index contributed by atoms with van der Waals surface area (Å²) in [6.45, 7) is 0. The molecule has 0 saturated heterocycles. The van der Waals surface area contributed by atoms with Gasteiger partial charge in [0.15, 0.2) is 0 Å². The molecule has 1 aromatic carbocycles. The Morgan fingerprint density at radius 3 is 2.62 bits per heavy atom. The first-order chi connectivity index (χ1) is 6.19. The number of rotatable bonds is 3. The number of benzene rings is 1. The summed E-state index contributed by atoms with van der Waals surface area (Å²) in [5.41, 5.74) is 2.23. The minimum absolute atomic E-state index is 0.136. The van der Waals surface area contributed by atoms with E-state index in [-0.39, 0.29) is 11.3 Å². The minimum Gasteiger partial charge on any atom is -0.497 e. The van der Waals surface area contributed by atoms with Gasteiger partial charge in [-0.25, -0.2) is 8.78 Å². The first-order valence-electron chi connectivity index (χ1n) is 3.61. The number of nitrogens with two attached hydrogens (primary N) is 1. The van der Waals surface area contributed by atoms with Crippen molar-refractivity contribution < 1.29 is 13.5 Å². The third kappa shape index (κ3) is 2.06. The first-order valence-corrected chi connectivity index (χ1v) is 3.61. The number of halogens is 2. The van der Waals surface area contributed by atoms with E-state index >= 15 is 0 Å². The summed E-state index contributed by atoms with van der Waals surface area (Å²) in [6, 6.07) is 4.16. The molecule has 13 heavy (non-hydrogen) atoms. The van der Waals surface area contributed by atoms with Gasteiger partial charge in [-0.2, -0.15) is 0 Å². The number of nitrogens with one attached hydrogen (secondary N) is 1. The highest BCUT2D eigenvalue weighted by atomic mass is 19.3. The molecule has 0 aliphatic heterocycles. The molecule has 1 aromatic rings. The van der Waals surface area contributed by atoms with Crippen LogP contribution < -0.4 is 16.0 Å². The van der Waals surface area contributed by atoms with Crippen LogP contribution in [0.15, 0.2) is 18.2 Å². The first kappa shape index (κ1) is 9.73. The van der Waals surface area contributed by atoms with E-state index in [1.807, 2.05) is 0 Å². The summed E-state index contributed by atoms with van der Waals surface area (Å²) in [7, 11) is 1.46. The third-order valence-corrected chi connectivity index (χ3v) is 1.65. The van der Waals surface area contributed by atoms with Crippen LogP contribution in [0.3, 0.4) is 0 Å². The van der Waals surface area contributed by atoms with Crippen molar-refractivity contribution in [3.63, 3.8) is 0 Å². The van der Waals surface area contributed by atoms with Crippen LogP contribution in [-0.2, 0) is 0 Å². The van der Waals surface area contributed by atoms with E-state index in [2.05, 4.69) is 5.43 Å². The second kappa shape index (κ2) is 4.04. The Kier molecular flexibility index (Phi) is 3.02. The normalized spacial score (nSPS) is 10.2. The summed E-state index contributed by atoms with van der Waals surface area (Å²) in [6.07, 6.45) is -2.54. The smallest absolute Gasteiger partial charge is 0.265 e. The molecule has 0 spiro atoms. The maximum atomic E-state index is 12.3. The molecule has 0 amide bonds. The van der Waals surface area contributed by atoms with Crippen LogP contribution in [0.1, 0.15) is 12.0 Å². The van der Waals surface area contributed by atoms with Crippen LogP contribution in [0.25, 0.3) is 0 Å². The molecule has 5 heteroatoms. The average molecular weight is 188 g/mol. The maximum Gasteiger partial charge on any atom is 0.265 e. The van der Waals surface area contributed by atoms with Crippen molar-refractivity contribution in [2.75, 3.05) is 12.5 Å². The van der Waals surface area contributed by atoms with Crippen LogP contribution in [0.4, 0.5) is 14.5 Å². The summed E-state index contributed by atoms with van der Waals surface area (Å²) in [5.74, 6) is 5.56. The molecule has 1 rings (SSSR count). The second-order valence-corrected chi connectivity index (χ2v) is 2.40. The highest BCUT2D eigenvalue weighted by Gasteiger charge is 2.12. The van der Waals surface area contributed by atoms with Gasteiger partial charge in [0.05, 0.1) is 12.8 Å². The van der Waals surface area contributed by atoms with Crippen molar-refractivity contribution in [1.29, 1.82) is 0 Å². The van der Waals surface area contributed by atoms with E-state index in [1.165, 1.54) is 25.3 Å². The average Bonchev–Trinajstić information content (AvgIpc) is 2.16. The fourth-order valence-corrected chi connectivity index (χ4v) is 0.978. The van der Waals surface area contributed by atoms with Gasteiger partial charge in [0.2, 0.25) is 0 Å². The van der Waals surface area contributed by atoms with E-state index in [4.69, 9.17) is 10.6 Å². The Balaban J connectivity index is 3.08. The maximum absolute atomic E-state index is 12.3. The van der Waals surface area contributed by atoms with Crippen molar-refractivity contribution in [1.82, 2.24) is 0 Å². The summed E-state index contributed by atoms with van der Waals surface area (Å²) in [5, 5.41) is 0. The number of anilines is 1. The molecule has 3 nitrogen and oxygen atoms in total. The molecule has 0 radical (unpaired) electrons. The van der Waals surface area contributed by atoms with Gasteiger partial charge < -0.3 is 10.2 Å². The summed E-state index contributed by atoms with van der Waals surface area (Å²) >= 11 is 0. The lowest BCUT2D eigenvalue weighted by atomic mass is 10.2. The van der Waals surface area contributed by atoms with Crippen molar-refractivity contribution in [3.8, 4) is 5.75 Å². The molecule has 0 unspecified atom stereocenters. The lowest BCUT2D eigenvalue weighted by molar-refractivity contribution is 0.152. The SMILES string of the molecule is COc1ccc(C(F)F)c(NN)c1. The molecular weight excluding hydrogens is 178 g/mol. The molecule has 0 aliphatic rings. The van der Waals surface area contributed by atoms with Crippen molar-refractivity contribution in [2.24, 2.45) is 5.84 Å². The van der Waals surface area contributed by atoms with Gasteiger partial charge in [0.25, 0.3) is 6.43 Å². The van der Waals surface area contributed by atoms with E-state index in [9.17, 15) is 8.78 Å². The predicted molar refractivity (Wildman–Crippen MR) is 45.8 cm³/mol. The van der Waals surface area contributed by atoms with Gasteiger partial charge in [0, 0.05) is 11.6 Å². The highest BCUT2D eigenvalue weighted by molar-refractivity contribution is 5.54. The molecular formula is C8H10F2N2O. The van der Waals surface area contributed by atoms with Crippen LogP contribution in [0.2, 0.25) is 0 Å². The number of methoxy groups -OCH3 is 1. The predicted octanol–water partition coefficient (Wildman–Crippen LogP) is 1.92. The van der Waals surface area contributed by atoms with Gasteiger partial charge in [-0.15, -0.1) is 0 Å². The van der Waals surface area contributed by atoms with Gasteiger partial charge in [-0.05, 0) is 12.1 Å². The van der Waals surface area contributed by atoms with Crippen molar-refractivity contribution in [2.45, 2.75) is 6.43 Å². The number of hydrogen-bond acceptors (Lipinski definition) is 3. The lowest BCUT2D eigenvalue weighted by Gasteiger charge is -2.09. The van der Waals surface area contributed by atoms with Crippen LogP contribution >= 0.6 is 0 Å². The Labute approximate surface area is 74.5 Å². The number of ether oxygens (including phenoxy) is 1. The van der Waals surface area contributed by atoms with Gasteiger partial charge >= 0.3 is 0 Å². The standard InChI is InChI=1S/C8H10F2N2O/c1-13-5-2-3-6(8(9)10)7(4-5)12-11/h2-4,8,12H,11H2,1H3. The van der Waals surface area contributed by atoms with Crippen molar-refractivity contribution >= 4 is 5.69 Å². The quantitative estimate of drug-likeness (QED) is 0.562. The summed E-state index contributed by atoms with van der Waals surface area (Å²) in [4.78, 5) is 0. The highest BCUT2D eigenvalue weighted by Crippen LogP contribution is 2.29. The zero-order valence-electron chi connectivity index (χ0n) is 7.05. The van der Waals surface area contributed by atoms with E-state index < -0.39 is 6.43 Å². The zero-order chi connectivity index (χ0) is 9.84. The van der Waals surface area contributed by atoms with E-state index in [0.717, 1.165) is 0 Å². The minimum atomic E-state index is -2.54. The van der Waals surface area contributed by atoms with E-state index in [0.29, 0.717) is 5.75 Å². The lowest BCUT2D eigenvalue weighted by Crippen LogP contribution is -2.09. The van der Waals surface area contributed by atoms with Gasteiger partial charge in [-0.1, -0.05) is 0 Å². The van der Waals surface area contributed by atoms with Crippen LogP contribution in [0.5, 0.6) is 5.75 Å². The number of nitrogen functional groups attached to an aromatic ring is 1. The number of alkyl halides is 2. The van der Waals surface area contributed by atoms with Crippen molar-refractivity contribution in [3.05, 3.63) is 23.8 Å². The molecule has 0 fully saturated rings. The Morgan fingerprint density at radius 1 is 1.46 bits per heavy atom. The Bertz CT molecular complexity index is 291. The largest absolute Gasteiger partial charge is 0.497 e. The van der Waals surface area contributed by atoms with E-state index in [1.54, 1.807) is 0 Å². The number of hydrazine groups is 1. The van der Waals surface area contributed by atoms with Gasteiger partial charge in [0.1, 0.15) is 5.75 Å². The fourth-order valence-electron chi connectivity index (χ4n) is 0.978. The molecule has 72 valence electrons. The second-order valence-electron chi connectivity index (χ2n) is 2.40. The zero-order valence-corrected chi connectivity index (χ0v) is 7.05. The van der Waals surface area contributed by atoms with Gasteiger partial charge in [-0.3, -0.25) is 5.84 Å². The topological polar surface area (TPSA) is 47.3 Å². The molecule has 0 heterocycles. The Morgan fingerprint density at radius 2 is 2.15 bits per heavy atom.